The minimum Gasteiger partial charge on any atom is -0.481 e. The van der Waals surface area contributed by atoms with Crippen LogP contribution in [-0.4, -0.2) is 63.1 Å². The number of hydrogen-bond donors (Lipinski definition) is 6. The van der Waals surface area contributed by atoms with E-state index in [1.165, 1.54) is 0 Å². The number of unbranched alkanes of at least 4 members (excludes halogenated alkanes) is 1. The van der Waals surface area contributed by atoms with Gasteiger partial charge in [0.1, 0.15) is 12.1 Å². The summed E-state index contributed by atoms with van der Waals surface area (Å²) < 4.78 is 0. The molecule has 0 spiro atoms. The molecule has 2 atom stereocenters. The number of rotatable bonds is 11. The van der Waals surface area contributed by atoms with Gasteiger partial charge >= 0.3 is 23.9 Å². The van der Waals surface area contributed by atoms with Crippen LogP contribution >= 0.6 is 0 Å². The molecule has 0 bridgehead atoms. The Morgan fingerprint density at radius 1 is 0.818 bits per heavy atom. The maximum atomic E-state index is 11.6. The number of aliphatic carboxylic acids is 3. The van der Waals surface area contributed by atoms with Crippen molar-refractivity contribution >= 4 is 23.9 Å². The van der Waals surface area contributed by atoms with E-state index in [0.717, 1.165) is 0 Å². The van der Waals surface area contributed by atoms with Crippen LogP contribution in [-0.2, 0) is 14.4 Å². The van der Waals surface area contributed by atoms with Crippen LogP contribution in [0.4, 0.5) is 4.79 Å². The van der Waals surface area contributed by atoms with Crippen LogP contribution in [0.5, 0.6) is 0 Å². The number of urea groups is 1. The van der Waals surface area contributed by atoms with Gasteiger partial charge in [0.05, 0.1) is 0 Å². The molecular weight excluding hydrogens is 300 g/mol. The standard InChI is InChI=1S/C12H20N2O8/c15-6-2-1-3-7(10(18)19)13-12(22)14-8(11(20)21)4-5-9(16)17/h7-8,15H,1-6H2,(H,16,17)(H,18,19)(H,20,21)(H2,13,14,22). The molecule has 22 heavy (non-hydrogen) atoms. The molecule has 0 saturated carbocycles. The lowest BCUT2D eigenvalue weighted by atomic mass is 10.1. The number of nitrogens with one attached hydrogen (secondary N) is 2. The van der Waals surface area contributed by atoms with Gasteiger partial charge in [-0.15, -0.1) is 0 Å². The van der Waals surface area contributed by atoms with Gasteiger partial charge in [0, 0.05) is 13.0 Å². The summed E-state index contributed by atoms with van der Waals surface area (Å²) in [5.41, 5.74) is 0. The van der Waals surface area contributed by atoms with E-state index in [1.807, 2.05) is 5.32 Å². The summed E-state index contributed by atoms with van der Waals surface area (Å²) in [6.45, 7) is -0.102. The molecular formula is C12H20N2O8. The Hall–Kier alpha value is -2.36. The second-order valence-corrected chi connectivity index (χ2v) is 4.55. The Labute approximate surface area is 126 Å². The van der Waals surface area contributed by atoms with Crippen LogP contribution in [0.3, 0.4) is 0 Å². The topological polar surface area (TPSA) is 173 Å². The Kier molecular flexibility index (Phi) is 9.27. The molecule has 0 aliphatic heterocycles. The van der Waals surface area contributed by atoms with Gasteiger partial charge in [0.2, 0.25) is 0 Å². The summed E-state index contributed by atoms with van der Waals surface area (Å²) in [6, 6.07) is -3.65. The molecule has 0 heterocycles. The first-order chi connectivity index (χ1) is 10.3. The monoisotopic (exact) mass is 320 g/mol. The van der Waals surface area contributed by atoms with Gasteiger partial charge in [-0.25, -0.2) is 14.4 Å². The lowest BCUT2D eigenvalue weighted by Crippen LogP contribution is -2.51. The molecule has 0 aromatic carbocycles. The molecule has 0 aromatic heterocycles. The summed E-state index contributed by atoms with van der Waals surface area (Å²) >= 11 is 0. The van der Waals surface area contributed by atoms with E-state index >= 15 is 0 Å². The van der Waals surface area contributed by atoms with Crippen molar-refractivity contribution in [2.24, 2.45) is 0 Å². The highest BCUT2D eigenvalue weighted by atomic mass is 16.4. The molecule has 0 radical (unpaired) electrons. The first kappa shape index (κ1) is 19.6. The van der Waals surface area contributed by atoms with E-state index in [2.05, 4.69) is 5.32 Å². The van der Waals surface area contributed by atoms with E-state index in [-0.39, 0.29) is 19.4 Å². The maximum Gasteiger partial charge on any atom is 0.326 e. The number of hydrogen-bond acceptors (Lipinski definition) is 5. The molecule has 2 amide bonds. The number of carbonyl (C=O) groups is 4. The molecule has 2 unspecified atom stereocenters. The minimum absolute atomic E-state index is 0.0795. The van der Waals surface area contributed by atoms with Gasteiger partial charge in [-0.2, -0.15) is 0 Å². The second kappa shape index (κ2) is 10.4. The van der Waals surface area contributed by atoms with E-state index in [9.17, 15) is 19.2 Å². The fourth-order valence-electron chi connectivity index (χ4n) is 1.60. The first-order valence-corrected chi connectivity index (χ1v) is 6.63. The Morgan fingerprint density at radius 3 is 1.73 bits per heavy atom. The largest absolute Gasteiger partial charge is 0.481 e. The first-order valence-electron chi connectivity index (χ1n) is 6.63. The molecule has 0 aromatic rings. The molecule has 10 heteroatoms. The molecule has 10 nitrogen and oxygen atoms in total. The van der Waals surface area contributed by atoms with E-state index < -0.39 is 42.4 Å². The van der Waals surface area contributed by atoms with Crippen LogP contribution in [0, 0.1) is 0 Å². The van der Waals surface area contributed by atoms with Crippen LogP contribution in [0.15, 0.2) is 0 Å². The maximum absolute atomic E-state index is 11.6. The quantitative estimate of drug-likeness (QED) is 0.269. The zero-order valence-electron chi connectivity index (χ0n) is 11.8. The Bertz CT molecular complexity index is 412. The zero-order valence-corrected chi connectivity index (χ0v) is 11.8. The molecule has 0 aliphatic carbocycles. The third kappa shape index (κ3) is 8.74. The third-order valence-corrected chi connectivity index (χ3v) is 2.75. The summed E-state index contributed by atoms with van der Waals surface area (Å²) in [5.74, 6) is -3.91. The highest BCUT2D eigenvalue weighted by Gasteiger charge is 2.24. The smallest absolute Gasteiger partial charge is 0.326 e. The van der Waals surface area contributed by atoms with Crippen molar-refractivity contribution in [2.45, 2.75) is 44.2 Å². The number of carboxylic acid groups (broad SMARTS) is 3. The molecule has 0 aliphatic rings. The summed E-state index contributed by atoms with van der Waals surface area (Å²) in [4.78, 5) is 43.9. The molecule has 126 valence electrons. The van der Waals surface area contributed by atoms with Crippen molar-refractivity contribution in [1.29, 1.82) is 0 Å². The fourth-order valence-corrected chi connectivity index (χ4v) is 1.60. The van der Waals surface area contributed by atoms with Crippen molar-refractivity contribution in [2.75, 3.05) is 6.61 Å². The van der Waals surface area contributed by atoms with Gasteiger partial charge in [-0.1, -0.05) is 0 Å². The van der Waals surface area contributed by atoms with Crippen LogP contribution in [0.1, 0.15) is 32.1 Å². The highest BCUT2D eigenvalue weighted by Crippen LogP contribution is 2.02. The zero-order chi connectivity index (χ0) is 17.1. The fraction of sp³-hybridized carbons (Fsp3) is 0.667. The van der Waals surface area contributed by atoms with E-state index in [4.69, 9.17) is 20.4 Å². The van der Waals surface area contributed by atoms with Crippen LogP contribution in [0.2, 0.25) is 0 Å². The molecule has 0 saturated heterocycles. The van der Waals surface area contributed by atoms with Crippen LogP contribution in [0.25, 0.3) is 0 Å². The van der Waals surface area contributed by atoms with E-state index in [1.54, 1.807) is 0 Å². The lowest BCUT2D eigenvalue weighted by Gasteiger charge is -2.18. The SMILES string of the molecule is O=C(O)CCC(NC(=O)NC(CCCCO)C(=O)O)C(=O)O. The van der Waals surface area contributed by atoms with Gasteiger partial charge in [0.15, 0.2) is 0 Å². The van der Waals surface area contributed by atoms with Crippen molar-refractivity contribution in [3.63, 3.8) is 0 Å². The predicted molar refractivity (Wildman–Crippen MR) is 72.3 cm³/mol. The Morgan fingerprint density at radius 2 is 1.32 bits per heavy atom. The van der Waals surface area contributed by atoms with Crippen LogP contribution < -0.4 is 10.6 Å². The lowest BCUT2D eigenvalue weighted by molar-refractivity contribution is -0.140. The minimum atomic E-state index is -1.43. The highest BCUT2D eigenvalue weighted by molar-refractivity contribution is 5.86. The summed E-state index contributed by atoms with van der Waals surface area (Å²) in [6.07, 6.45) is 0.0607. The van der Waals surface area contributed by atoms with Gasteiger partial charge in [-0.05, 0) is 25.7 Å². The molecule has 0 rings (SSSR count). The van der Waals surface area contributed by atoms with Crippen molar-refractivity contribution in [3.05, 3.63) is 0 Å². The van der Waals surface area contributed by atoms with E-state index in [0.29, 0.717) is 12.8 Å². The number of carbonyl (C=O) groups excluding carboxylic acids is 1. The molecule has 6 N–H and O–H groups in total. The average Bonchev–Trinajstić information content (AvgIpc) is 2.41. The normalized spacial score (nSPS) is 13.0. The number of carboxylic acids is 3. The number of amides is 2. The number of aliphatic hydroxyl groups excluding tert-OH is 1. The molecule has 0 fully saturated rings. The summed E-state index contributed by atoms with van der Waals surface area (Å²) in [7, 11) is 0. The third-order valence-electron chi connectivity index (χ3n) is 2.75. The van der Waals surface area contributed by atoms with Gasteiger partial charge in [0.25, 0.3) is 0 Å². The summed E-state index contributed by atoms with van der Waals surface area (Å²) in [5, 5.41) is 39.1. The van der Waals surface area contributed by atoms with Crippen molar-refractivity contribution in [3.8, 4) is 0 Å². The van der Waals surface area contributed by atoms with Crippen molar-refractivity contribution in [1.82, 2.24) is 10.6 Å². The average molecular weight is 320 g/mol. The predicted octanol–water partition coefficient (Wildman–Crippen LogP) is -0.781. The Balaban J connectivity index is 4.47. The number of aliphatic hydroxyl groups is 1. The second-order valence-electron chi connectivity index (χ2n) is 4.55. The van der Waals surface area contributed by atoms with Crippen molar-refractivity contribution < 1.29 is 39.6 Å². The van der Waals surface area contributed by atoms with Gasteiger partial charge in [-0.3, -0.25) is 4.79 Å². The van der Waals surface area contributed by atoms with Gasteiger partial charge < -0.3 is 31.1 Å².